The molecule has 144 valence electrons. The van der Waals surface area contributed by atoms with E-state index in [0.717, 1.165) is 14.9 Å². The smallest absolute Gasteiger partial charge is 0.335 e. The van der Waals surface area contributed by atoms with Crippen LogP contribution < -0.4 is 4.74 Å². The van der Waals surface area contributed by atoms with E-state index < -0.39 is 5.97 Å². The molecule has 0 saturated carbocycles. The van der Waals surface area contributed by atoms with Crippen molar-refractivity contribution in [2.45, 2.75) is 6.92 Å². The number of amidine groups is 1. The molecule has 28 heavy (non-hydrogen) atoms. The number of hydrogen-bond acceptors (Lipinski definition) is 5. The molecular formula is C20H17IN2O4S. The molecule has 2 aromatic rings. The van der Waals surface area contributed by atoms with Gasteiger partial charge in [-0.15, -0.1) is 0 Å². The minimum atomic E-state index is -0.989. The zero-order chi connectivity index (χ0) is 20.3. The van der Waals surface area contributed by atoms with E-state index in [4.69, 9.17) is 9.84 Å². The first-order chi connectivity index (χ1) is 13.4. The largest absolute Gasteiger partial charge is 0.493 e. The Bertz CT molecular complexity index is 986. The summed E-state index contributed by atoms with van der Waals surface area (Å²) in [5.74, 6) is -0.299. The van der Waals surface area contributed by atoms with Gasteiger partial charge in [-0.2, -0.15) is 0 Å². The van der Waals surface area contributed by atoms with Gasteiger partial charge in [-0.3, -0.25) is 9.69 Å². The second kappa shape index (κ2) is 8.78. The number of rotatable bonds is 5. The van der Waals surface area contributed by atoms with Gasteiger partial charge in [-0.1, -0.05) is 6.07 Å². The lowest BCUT2D eigenvalue weighted by atomic mass is 10.2. The lowest BCUT2D eigenvalue weighted by Crippen LogP contribution is -2.23. The van der Waals surface area contributed by atoms with Crippen molar-refractivity contribution in [3.8, 4) is 5.75 Å². The topological polar surface area (TPSA) is 79.2 Å². The van der Waals surface area contributed by atoms with E-state index in [2.05, 4.69) is 27.6 Å². The Morgan fingerprint density at radius 2 is 2.00 bits per heavy atom. The molecule has 1 aliphatic heterocycles. The van der Waals surface area contributed by atoms with Crippen molar-refractivity contribution in [2.75, 3.05) is 13.7 Å². The Hall–Kier alpha value is -2.33. The van der Waals surface area contributed by atoms with Crippen LogP contribution in [0.2, 0.25) is 0 Å². The van der Waals surface area contributed by atoms with Crippen molar-refractivity contribution in [2.24, 2.45) is 4.99 Å². The number of hydrogen-bond donors (Lipinski definition) is 1. The van der Waals surface area contributed by atoms with Crippen LogP contribution in [-0.2, 0) is 4.79 Å². The molecule has 0 aromatic heterocycles. The highest BCUT2D eigenvalue weighted by Crippen LogP contribution is 2.34. The van der Waals surface area contributed by atoms with Crippen LogP contribution in [0.1, 0.15) is 22.8 Å². The van der Waals surface area contributed by atoms with Crippen LogP contribution in [0.4, 0.5) is 5.69 Å². The highest BCUT2D eigenvalue weighted by Gasteiger charge is 2.30. The molecule has 1 heterocycles. The number of benzene rings is 2. The second-order valence-electron chi connectivity index (χ2n) is 5.84. The standard InChI is InChI=1S/C20H17IN2O4S/c1-3-27-16-9-4-12(10-15(16)21)11-17-18(24)23(2)20(28-17)22-14-7-5-13(6-8-14)19(25)26/h4-11H,3H2,1-2H3,(H,25,26)/b17-11-,22-20?. The molecule has 1 N–H and O–H groups in total. The predicted octanol–water partition coefficient (Wildman–Crippen LogP) is 4.62. The van der Waals surface area contributed by atoms with Crippen LogP contribution in [0.25, 0.3) is 6.08 Å². The molecule has 0 radical (unpaired) electrons. The molecule has 0 atom stereocenters. The van der Waals surface area contributed by atoms with E-state index >= 15 is 0 Å². The summed E-state index contributed by atoms with van der Waals surface area (Å²) < 4.78 is 6.52. The molecule has 8 heteroatoms. The van der Waals surface area contributed by atoms with Crippen molar-refractivity contribution in [1.82, 2.24) is 4.90 Å². The second-order valence-corrected chi connectivity index (χ2v) is 8.02. The summed E-state index contributed by atoms with van der Waals surface area (Å²) in [7, 11) is 1.67. The number of carbonyl (C=O) groups excluding carboxylic acids is 1. The van der Waals surface area contributed by atoms with Crippen molar-refractivity contribution >= 4 is 63.2 Å². The molecule has 1 saturated heterocycles. The monoisotopic (exact) mass is 508 g/mol. The normalized spacial score (nSPS) is 16.8. The fourth-order valence-electron chi connectivity index (χ4n) is 2.47. The maximum Gasteiger partial charge on any atom is 0.335 e. The average molecular weight is 508 g/mol. The van der Waals surface area contributed by atoms with Gasteiger partial charge in [0.2, 0.25) is 0 Å². The predicted molar refractivity (Wildman–Crippen MR) is 119 cm³/mol. The van der Waals surface area contributed by atoms with Crippen LogP contribution in [0.5, 0.6) is 5.75 Å². The summed E-state index contributed by atoms with van der Waals surface area (Å²) >= 11 is 3.49. The third kappa shape index (κ3) is 4.56. The molecule has 1 amide bonds. The number of ether oxygens (including phenoxy) is 1. The number of aromatic carboxylic acids is 1. The van der Waals surface area contributed by atoms with Gasteiger partial charge in [0.1, 0.15) is 5.75 Å². The number of likely N-dealkylation sites (N-methyl/N-ethyl adjacent to an activating group) is 1. The SMILES string of the molecule is CCOc1ccc(/C=C2\SC(=Nc3ccc(C(=O)O)cc3)N(C)C2=O)cc1I. The minimum Gasteiger partial charge on any atom is -0.493 e. The number of aliphatic imine (C=N–C) groups is 1. The van der Waals surface area contributed by atoms with Crippen LogP contribution >= 0.6 is 34.4 Å². The maximum atomic E-state index is 12.6. The first-order valence-electron chi connectivity index (χ1n) is 8.41. The Morgan fingerprint density at radius 3 is 2.61 bits per heavy atom. The van der Waals surface area contributed by atoms with E-state index in [1.54, 1.807) is 19.2 Å². The van der Waals surface area contributed by atoms with Gasteiger partial charge in [0.25, 0.3) is 5.91 Å². The molecule has 0 aliphatic carbocycles. The van der Waals surface area contributed by atoms with Crippen molar-refractivity contribution < 1.29 is 19.4 Å². The van der Waals surface area contributed by atoms with Gasteiger partial charge < -0.3 is 9.84 Å². The van der Waals surface area contributed by atoms with Gasteiger partial charge in [0, 0.05) is 7.05 Å². The van der Waals surface area contributed by atoms with Gasteiger partial charge >= 0.3 is 5.97 Å². The van der Waals surface area contributed by atoms with Gasteiger partial charge in [0.15, 0.2) is 5.17 Å². The zero-order valence-corrected chi connectivity index (χ0v) is 18.2. The third-order valence-corrected chi connectivity index (χ3v) is 5.80. The number of amides is 1. The highest BCUT2D eigenvalue weighted by molar-refractivity contribution is 14.1. The fraction of sp³-hybridized carbons (Fsp3) is 0.150. The number of carbonyl (C=O) groups is 2. The van der Waals surface area contributed by atoms with Crippen molar-refractivity contribution in [1.29, 1.82) is 0 Å². The quantitative estimate of drug-likeness (QED) is 0.471. The molecule has 0 spiro atoms. The van der Waals surface area contributed by atoms with E-state index in [9.17, 15) is 9.59 Å². The average Bonchev–Trinajstić information content (AvgIpc) is 2.92. The van der Waals surface area contributed by atoms with Crippen LogP contribution in [0.3, 0.4) is 0 Å². The van der Waals surface area contributed by atoms with E-state index in [1.165, 1.54) is 28.8 Å². The Kier molecular flexibility index (Phi) is 6.40. The number of carboxylic acids is 1. The van der Waals surface area contributed by atoms with E-state index in [-0.39, 0.29) is 11.5 Å². The first-order valence-corrected chi connectivity index (χ1v) is 10.3. The summed E-state index contributed by atoms with van der Waals surface area (Å²) in [6.07, 6.45) is 1.83. The fourth-order valence-corrected chi connectivity index (χ4v) is 4.15. The molecule has 1 fully saturated rings. The molecule has 0 unspecified atom stereocenters. The minimum absolute atomic E-state index is 0.130. The van der Waals surface area contributed by atoms with Crippen LogP contribution in [0, 0.1) is 3.57 Å². The summed E-state index contributed by atoms with van der Waals surface area (Å²) in [4.78, 5) is 30.0. The highest BCUT2D eigenvalue weighted by atomic mass is 127. The van der Waals surface area contributed by atoms with Crippen molar-refractivity contribution in [3.05, 3.63) is 62.1 Å². The van der Waals surface area contributed by atoms with E-state index in [0.29, 0.717) is 22.4 Å². The molecule has 6 nitrogen and oxygen atoms in total. The molecule has 3 rings (SSSR count). The first kappa shape index (κ1) is 20.4. The maximum absolute atomic E-state index is 12.6. The third-order valence-electron chi connectivity index (χ3n) is 3.90. The van der Waals surface area contributed by atoms with Gasteiger partial charge in [0.05, 0.1) is 26.3 Å². The van der Waals surface area contributed by atoms with Crippen molar-refractivity contribution in [3.63, 3.8) is 0 Å². The number of halogens is 1. The Balaban J connectivity index is 1.83. The molecule has 2 aromatic carbocycles. The molecule has 1 aliphatic rings. The van der Waals surface area contributed by atoms with E-state index in [1.807, 2.05) is 31.2 Å². The summed E-state index contributed by atoms with van der Waals surface area (Å²) in [6, 6.07) is 12.0. The number of carboxylic acid groups (broad SMARTS) is 1. The number of nitrogens with zero attached hydrogens (tertiary/aromatic N) is 2. The van der Waals surface area contributed by atoms with Crippen LogP contribution in [-0.4, -0.2) is 40.7 Å². The zero-order valence-electron chi connectivity index (χ0n) is 15.2. The summed E-state index contributed by atoms with van der Waals surface area (Å²) in [5.41, 5.74) is 1.69. The Labute approximate surface area is 180 Å². The summed E-state index contributed by atoms with van der Waals surface area (Å²) in [5, 5.41) is 9.51. The lowest BCUT2D eigenvalue weighted by molar-refractivity contribution is -0.121. The number of thioether (sulfide) groups is 1. The van der Waals surface area contributed by atoms with Gasteiger partial charge in [-0.05, 0) is 89.3 Å². The molecular weight excluding hydrogens is 491 g/mol. The summed E-state index contributed by atoms with van der Waals surface area (Å²) in [6.45, 7) is 2.54. The van der Waals surface area contributed by atoms with Gasteiger partial charge in [-0.25, -0.2) is 9.79 Å². The molecule has 0 bridgehead atoms. The van der Waals surface area contributed by atoms with Crippen LogP contribution in [0.15, 0.2) is 52.4 Å². The Morgan fingerprint density at radius 1 is 1.29 bits per heavy atom. The lowest BCUT2D eigenvalue weighted by Gasteiger charge is -2.07.